The summed E-state index contributed by atoms with van der Waals surface area (Å²) in [6.45, 7) is 3.03. The fourth-order valence-electron chi connectivity index (χ4n) is 2.58. The maximum absolute atomic E-state index is 12.2. The van der Waals surface area contributed by atoms with Gasteiger partial charge in [-0.2, -0.15) is 4.98 Å². The molecule has 2 N–H and O–H groups in total. The van der Waals surface area contributed by atoms with Crippen LogP contribution in [0, 0.1) is 0 Å². The Kier molecular flexibility index (Phi) is 5.97. The number of nitrogens with zero attached hydrogens (tertiary/aromatic N) is 2. The van der Waals surface area contributed by atoms with Crippen molar-refractivity contribution < 1.29 is 28.5 Å². The summed E-state index contributed by atoms with van der Waals surface area (Å²) in [4.78, 5) is 38.4. The highest BCUT2D eigenvalue weighted by molar-refractivity contribution is 5.66. The van der Waals surface area contributed by atoms with Crippen molar-refractivity contribution in [3.05, 3.63) is 22.2 Å². The maximum Gasteiger partial charge on any atom is 0.508 e. The standard InChI is InChI=1S/C15H21N3O7/c1-4-9-6-18(14(20)17-12(9)16)13-11(24-8(2)19)5-10(25-13)7-23-15(21)22-3/h6,10-11,13H,4-5,7H2,1-3H3,(H2,16,17,20)/t10-,11+,13+/m0/s1. The molecule has 0 radical (unpaired) electrons. The van der Waals surface area contributed by atoms with E-state index in [4.69, 9.17) is 19.9 Å². The molecule has 0 unspecified atom stereocenters. The number of nitrogens with two attached hydrogens (primary N) is 1. The van der Waals surface area contributed by atoms with Crippen molar-refractivity contribution in [2.75, 3.05) is 19.5 Å². The van der Waals surface area contributed by atoms with Crippen LogP contribution in [0.25, 0.3) is 0 Å². The molecule has 10 nitrogen and oxygen atoms in total. The van der Waals surface area contributed by atoms with E-state index in [1.54, 1.807) is 0 Å². The largest absolute Gasteiger partial charge is 0.508 e. The molecule has 1 fully saturated rings. The van der Waals surface area contributed by atoms with E-state index in [1.165, 1.54) is 24.8 Å². The van der Waals surface area contributed by atoms with E-state index in [9.17, 15) is 14.4 Å². The number of aryl methyl sites for hydroxylation is 1. The topological polar surface area (TPSA) is 132 Å². The fraction of sp³-hybridized carbons (Fsp3) is 0.600. The van der Waals surface area contributed by atoms with Gasteiger partial charge in [0.15, 0.2) is 6.23 Å². The molecular formula is C15H21N3O7. The van der Waals surface area contributed by atoms with E-state index in [0.29, 0.717) is 12.0 Å². The fourth-order valence-corrected chi connectivity index (χ4v) is 2.58. The predicted molar refractivity (Wildman–Crippen MR) is 84.7 cm³/mol. The van der Waals surface area contributed by atoms with Gasteiger partial charge in [0, 0.05) is 25.1 Å². The number of hydrogen-bond donors (Lipinski definition) is 1. The molecule has 1 saturated heterocycles. The lowest BCUT2D eigenvalue weighted by Gasteiger charge is -2.21. The van der Waals surface area contributed by atoms with Gasteiger partial charge in [-0.15, -0.1) is 0 Å². The number of rotatable bonds is 5. The first-order valence-electron chi connectivity index (χ1n) is 7.76. The second-order valence-electron chi connectivity index (χ2n) is 5.49. The molecule has 0 aromatic carbocycles. The molecule has 0 spiro atoms. The van der Waals surface area contributed by atoms with Crippen LogP contribution in [0.2, 0.25) is 0 Å². The maximum atomic E-state index is 12.2. The number of nitrogen functional groups attached to an aromatic ring is 1. The zero-order valence-corrected chi connectivity index (χ0v) is 14.3. The summed E-state index contributed by atoms with van der Waals surface area (Å²) in [7, 11) is 1.19. The smallest absolute Gasteiger partial charge is 0.458 e. The molecule has 25 heavy (non-hydrogen) atoms. The lowest BCUT2D eigenvalue weighted by atomic mass is 10.2. The van der Waals surface area contributed by atoms with Gasteiger partial charge in [0.1, 0.15) is 18.5 Å². The van der Waals surface area contributed by atoms with Crippen LogP contribution in [-0.4, -0.2) is 47.6 Å². The van der Waals surface area contributed by atoms with E-state index in [1.807, 2.05) is 6.92 Å². The van der Waals surface area contributed by atoms with Crippen molar-refractivity contribution in [2.24, 2.45) is 0 Å². The van der Waals surface area contributed by atoms with Gasteiger partial charge in [0.05, 0.1) is 13.2 Å². The number of aromatic nitrogens is 2. The monoisotopic (exact) mass is 355 g/mol. The highest BCUT2D eigenvalue weighted by atomic mass is 16.7. The Balaban J connectivity index is 2.25. The zero-order valence-electron chi connectivity index (χ0n) is 14.3. The Labute approximate surface area is 143 Å². The highest BCUT2D eigenvalue weighted by Gasteiger charge is 2.40. The summed E-state index contributed by atoms with van der Waals surface area (Å²) in [5, 5.41) is 0. The van der Waals surface area contributed by atoms with Crippen LogP contribution in [0.4, 0.5) is 10.6 Å². The lowest BCUT2D eigenvalue weighted by Crippen LogP contribution is -2.34. The summed E-state index contributed by atoms with van der Waals surface area (Å²) in [5.41, 5.74) is 5.76. The number of methoxy groups -OCH3 is 1. The van der Waals surface area contributed by atoms with E-state index in [-0.39, 0.29) is 18.8 Å². The van der Waals surface area contributed by atoms with Gasteiger partial charge in [-0.3, -0.25) is 9.36 Å². The van der Waals surface area contributed by atoms with Crippen molar-refractivity contribution in [2.45, 2.75) is 45.1 Å². The highest BCUT2D eigenvalue weighted by Crippen LogP contribution is 2.31. The molecule has 1 aliphatic rings. The number of anilines is 1. The second-order valence-corrected chi connectivity index (χ2v) is 5.49. The van der Waals surface area contributed by atoms with Crippen molar-refractivity contribution in [1.29, 1.82) is 0 Å². The molecule has 0 amide bonds. The molecular weight excluding hydrogens is 334 g/mol. The Morgan fingerprint density at radius 3 is 2.80 bits per heavy atom. The summed E-state index contributed by atoms with van der Waals surface area (Å²) in [6.07, 6.45) is -0.676. The predicted octanol–water partition coefficient (Wildman–Crippen LogP) is 0.390. The second kappa shape index (κ2) is 7.97. The molecule has 10 heteroatoms. The molecule has 1 aromatic heterocycles. The van der Waals surface area contributed by atoms with Gasteiger partial charge >= 0.3 is 17.8 Å². The van der Waals surface area contributed by atoms with Gasteiger partial charge in [-0.25, -0.2) is 9.59 Å². The van der Waals surface area contributed by atoms with Crippen molar-refractivity contribution in [1.82, 2.24) is 9.55 Å². The molecule has 0 saturated carbocycles. The number of hydrogen-bond acceptors (Lipinski definition) is 9. The minimum absolute atomic E-state index is 0.0985. The first-order chi connectivity index (χ1) is 11.8. The molecule has 1 aliphatic heterocycles. The van der Waals surface area contributed by atoms with Crippen LogP contribution in [-0.2, 0) is 30.2 Å². The van der Waals surface area contributed by atoms with E-state index < -0.39 is 36.3 Å². The van der Waals surface area contributed by atoms with E-state index in [2.05, 4.69) is 9.72 Å². The van der Waals surface area contributed by atoms with Crippen LogP contribution in [0.5, 0.6) is 0 Å². The SMILES string of the molecule is CCc1cn([C@@H]2O[C@H](COC(=O)OC)C[C@H]2OC(C)=O)c(=O)nc1N. The van der Waals surface area contributed by atoms with Gasteiger partial charge < -0.3 is 24.7 Å². The van der Waals surface area contributed by atoms with Gasteiger partial charge in [-0.05, 0) is 6.42 Å². The molecule has 0 bridgehead atoms. The Hall–Kier alpha value is -2.62. The summed E-state index contributed by atoms with van der Waals surface area (Å²) < 4.78 is 21.5. The Morgan fingerprint density at radius 1 is 1.48 bits per heavy atom. The third kappa shape index (κ3) is 4.47. The van der Waals surface area contributed by atoms with Crippen LogP contribution in [0.15, 0.2) is 11.0 Å². The first kappa shape index (κ1) is 18.7. The minimum Gasteiger partial charge on any atom is -0.458 e. The molecule has 138 valence electrons. The van der Waals surface area contributed by atoms with E-state index in [0.717, 1.165) is 0 Å². The van der Waals surface area contributed by atoms with Crippen LogP contribution < -0.4 is 11.4 Å². The van der Waals surface area contributed by atoms with E-state index >= 15 is 0 Å². The van der Waals surface area contributed by atoms with Gasteiger partial charge in [0.25, 0.3) is 0 Å². The Bertz CT molecular complexity index is 703. The third-order valence-corrected chi connectivity index (χ3v) is 3.73. The van der Waals surface area contributed by atoms with Crippen molar-refractivity contribution in [3.63, 3.8) is 0 Å². The van der Waals surface area contributed by atoms with Crippen LogP contribution in [0.1, 0.15) is 32.1 Å². The molecule has 1 aromatic rings. The van der Waals surface area contributed by atoms with Gasteiger partial charge in [-0.1, -0.05) is 6.92 Å². The summed E-state index contributed by atoms with van der Waals surface area (Å²) >= 11 is 0. The minimum atomic E-state index is -0.888. The third-order valence-electron chi connectivity index (χ3n) is 3.73. The van der Waals surface area contributed by atoms with Crippen molar-refractivity contribution >= 4 is 17.9 Å². The molecule has 2 heterocycles. The quantitative estimate of drug-likeness (QED) is 0.745. The average Bonchev–Trinajstić information content (AvgIpc) is 2.94. The zero-order chi connectivity index (χ0) is 18.6. The average molecular weight is 355 g/mol. The van der Waals surface area contributed by atoms with Crippen LogP contribution >= 0.6 is 0 Å². The number of carbonyl (C=O) groups excluding carboxylic acids is 2. The lowest BCUT2D eigenvalue weighted by molar-refractivity contribution is -0.152. The summed E-state index contributed by atoms with van der Waals surface area (Å²) in [6, 6.07) is 0. The molecule has 3 atom stereocenters. The number of carbonyl (C=O) groups is 2. The Morgan fingerprint density at radius 2 is 2.20 bits per heavy atom. The summed E-state index contributed by atoms with van der Waals surface area (Å²) in [5.74, 6) is -0.364. The molecule has 2 rings (SSSR count). The first-order valence-corrected chi connectivity index (χ1v) is 7.76. The van der Waals surface area contributed by atoms with Crippen LogP contribution in [0.3, 0.4) is 0 Å². The number of esters is 1. The van der Waals surface area contributed by atoms with Gasteiger partial charge in [0.2, 0.25) is 0 Å². The molecule has 0 aliphatic carbocycles. The van der Waals surface area contributed by atoms with Crippen molar-refractivity contribution in [3.8, 4) is 0 Å². The number of ether oxygens (including phenoxy) is 4. The normalized spacial score (nSPS) is 22.4.